The van der Waals surface area contributed by atoms with Gasteiger partial charge in [0.1, 0.15) is 11.5 Å². The number of furan rings is 1. The molecule has 1 aliphatic heterocycles. The van der Waals surface area contributed by atoms with Gasteiger partial charge < -0.3 is 9.73 Å². The fourth-order valence-electron chi connectivity index (χ4n) is 3.94. The van der Waals surface area contributed by atoms with E-state index >= 15 is 0 Å². The van der Waals surface area contributed by atoms with Gasteiger partial charge in [0.25, 0.3) is 5.91 Å². The molecule has 7 heteroatoms. The van der Waals surface area contributed by atoms with Gasteiger partial charge in [-0.25, -0.2) is 8.42 Å². The van der Waals surface area contributed by atoms with Crippen LogP contribution < -0.4 is 5.32 Å². The first-order chi connectivity index (χ1) is 15.0. The number of rotatable bonds is 8. The number of hydrogen-bond acceptors (Lipinski definition) is 5. The second-order valence-electron chi connectivity index (χ2n) is 7.72. The van der Waals surface area contributed by atoms with Crippen molar-refractivity contribution in [3.05, 3.63) is 89.9 Å². The minimum absolute atomic E-state index is 0.0977. The summed E-state index contributed by atoms with van der Waals surface area (Å²) in [5.41, 5.74) is 1.17. The molecule has 2 heterocycles. The quantitative estimate of drug-likeness (QED) is 0.578. The maximum absolute atomic E-state index is 12.7. The zero-order valence-electron chi connectivity index (χ0n) is 17.2. The van der Waals surface area contributed by atoms with Gasteiger partial charge in [-0.3, -0.25) is 9.69 Å². The summed E-state index contributed by atoms with van der Waals surface area (Å²) in [6.07, 6.45) is 2.32. The standard InChI is InChI=1S/C24H26N2O4S/c27-24(25-17-22(26-15-7-8-16-26)19-9-3-1-4-10-19)23-14-13-20(30-23)18-31(28,29)21-11-5-2-6-12-21/h1-6,9-14,22H,7-8,15-18H2,(H,25,27)/t22-/m0/s1. The van der Waals surface area contributed by atoms with E-state index in [1.54, 1.807) is 36.4 Å². The lowest BCUT2D eigenvalue weighted by atomic mass is 10.1. The van der Waals surface area contributed by atoms with Crippen LogP contribution in [0.5, 0.6) is 0 Å². The molecule has 1 fully saturated rings. The number of likely N-dealkylation sites (tertiary alicyclic amines) is 1. The van der Waals surface area contributed by atoms with Crippen LogP contribution in [0, 0.1) is 0 Å². The normalized spacial score (nSPS) is 15.6. The maximum Gasteiger partial charge on any atom is 0.287 e. The predicted molar refractivity (Wildman–Crippen MR) is 118 cm³/mol. The molecule has 1 amide bonds. The van der Waals surface area contributed by atoms with E-state index in [-0.39, 0.29) is 34.1 Å². The topological polar surface area (TPSA) is 79.6 Å². The molecule has 162 valence electrons. The monoisotopic (exact) mass is 438 g/mol. The Hall–Kier alpha value is -2.90. The second kappa shape index (κ2) is 9.49. The first-order valence-corrected chi connectivity index (χ1v) is 12.1. The Morgan fingerprint density at radius 1 is 0.935 bits per heavy atom. The molecule has 0 saturated carbocycles. The predicted octanol–water partition coefficient (Wildman–Crippen LogP) is 3.82. The van der Waals surface area contributed by atoms with Crippen molar-refractivity contribution in [2.24, 2.45) is 0 Å². The Labute approximate surface area is 182 Å². The summed E-state index contributed by atoms with van der Waals surface area (Å²) in [5.74, 6) is -0.270. The van der Waals surface area contributed by atoms with E-state index in [0.29, 0.717) is 6.54 Å². The van der Waals surface area contributed by atoms with Crippen LogP contribution in [0.4, 0.5) is 0 Å². The highest BCUT2D eigenvalue weighted by Crippen LogP contribution is 2.25. The zero-order valence-corrected chi connectivity index (χ0v) is 18.1. The van der Waals surface area contributed by atoms with Crippen LogP contribution in [0.3, 0.4) is 0 Å². The number of sulfone groups is 1. The van der Waals surface area contributed by atoms with Gasteiger partial charge in [-0.05, 0) is 55.8 Å². The molecule has 1 saturated heterocycles. The van der Waals surface area contributed by atoms with E-state index in [1.807, 2.05) is 18.2 Å². The van der Waals surface area contributed by atoms with Gasteiger partial charge in [0, 0.05) is 6.54 Å². The van der Waals surface area contributed by atoms with Crippen molar-refractivity contribution in [3.8, 4) is 0 Å². The summed E-state index contributed by atoms with van der Waals surface area (Å²) in [5, 5.41) is 2.96. The average molecular weight is 439 g/mol. The fourth-order valence-corrected chi connectivity index (χ4v) is 5.21. The van der Waals surface area contributed by atoms with Gasteiger partial charge in [-0.2, -0.15) is 0 Å². The number of nitrogens with zero attached hydrogens (tertiary/aromatic N) is 1. The molecule has 0 unspecified atom stereocenters. The Morgan fingerprint density at radius 2 is 1.58 bits per heavy atom. The van der Waals surface area contributed by atoms with Crippen molar-refractivity contribution in [3.63, 3.8) is 0 Å². The van der Waals surface area contributed by atoms with Crippen LogP contribution in [-0.4, -0.2) is 38.9 Å². The molecule has 0 radical (unpaired) electrons. The van der Waals surface area contributed by atoms with Crippen molar-refractivity contribution in [2.45, 2.75) is 29.5 Å². The Bertz CT molecular complexity index is 1100. The molecule has 4 rings (SSSR count). The number of carbonyl (C=O) groups is 1. The van der Waals surface area contributed by atoms with Crippen molar-refractivity contribution in [1.82, 2.24) is 10.2 Å². The minimum Gasteiger partial charge on any atom is -0.455 e. The Morgan fingerprint density at radius 3 is 2.26 bits per heavy atom. The van der Waals surface area contributed by atoms with Crippen molar-refractivity contribution < 1.29 is 17.6 Å². The number of amides is 1. The van der Waals surface area contributed by atoms with E-state index < -0.39 is 9.84 Å². The smallest absolute Gasteiger partial charge is 0.287 e. The van der Waals surface area contributed by atoms with Crippen LogP contribution in [0.2, 0.25) is 0 Å². The SMILES string of the molecule is O=C(NC[C@@H](c1ccccc1)N1CCCC1)c1ccc(CS(=O)(=O)c2ccccc2)o1. The van der Waals surface area contributed by atoms with Gasteiger partial charge in [0.05, 0.1) is 10.9 Å². The summed E-state index contributed by atoms with van der Waals surface area (Å²) in [6, 6.07) is 21.5. The van der Waals surface area contributed by atoms with Gasteiger partial charge >= 0.3 is 0 Å². The Kier molecular flexibility index (Phi) is 6.53. The van der Waals surface area contributed by atoms with Gasteiger partial charge in [0.15, 0.2) is 15.6 Å². The number of hydrogen-bond donors (Lipinski definition) is 1. The van der Waals surface area contributed by atoms with Gasteiger partial charge in [-0.15, -0.1) is 0 Å². The van der Waals surface area contributed by atoms with Crippen molar-refractivity contribution in [2.75, 3.05) is 19.6 Å². The molecule has 0 aliphatic carbocycles. The second-order valence-corrected chi connectivity index (χ2v) is 9.71. The third kappa shape index (κ3) is 5.24. The molecule has 2 aromatic carbocycles. The minimum atomic E-state index is -3.53. The van der Waals surface area contributed by atoms with Crippen LogP contribution >= 0.6 is 0 Å². The van der Waals surface area contributed by atoms with Gasteiger partial charge in [-0.1, -0.05) is 48.5 Å². The third-order valence-electron chi connectivity index (χ3n) is 5.54. The van der Waals surface area contributed by atoms with Crippen LogP contribution in [0.25, 0.3) is 0 Å². The lowest BCUT2D eigenvalue weighted by Crippen LogP contribution is -2.36. The first-order valence-electron chi connectivity index (χ1n) is 10.5. The summed E-state index contributed by atoms with van der Waals surface area (Å²) in [4.78, 5) is 15.3. The highest BCUT2D eigenvalue weighted by atomic mass is 32.2. The molecular formula is C24H26N2O4S. The third-order valence-corrected chi connectivity index (χ3v) is 7.20. The van der Waals surface area contributed by atoms with E-state index in [1.165, 1.54) is 11.6 Å². The highest BCUT2D eigenvalue weighted by molar-refractivity contribution is 7.90. The molecule has 1 aromatic heterocycles. The number of nitrogens with one attached hydrogen (secondary N) is 1. The van der Waals surface area contributed by atoms with Crippen LogP contribution in [0.1, 0.15) is 40.8 Å². The highest BCUT2D eigenvalue weighted by Gasteiger charge is 2.25. The van der Waals surface area contributed by atoms with E-state index in [9.17, 15) is 13.2 Å². The average Bonchev–Trinajstić information content (AvgIpc) is 3.48. The van der Waals surface area contributed by atoms with Crippen molar-refractivity contribution >= 4 is 15.7 Å². The summed E-state index contributed by atoms with van der Waals surface area (Å²) < 4.78 is 30.6. The van der Waals surface area contributed by atoms with E-state index in [0.717, 1.165) is 25.9 Å². The lowest BCUT2D eigenvalue weighted by molar-refractivity contribution is 0.0908. The first kappa shape index (κ1) is 21.3. The molecule has 3 aromatic rings. The van der Waals surface area contributed by atoms with Crippen LogP contribution in [-0.2, 0) is 15.6 Å². The zero-order chi connectivity index (χ0) is 21.7. The molecule has 1 N–H and O–H groups in total. The molecule has 6 nitrogen and oxygen atoms in total. The van der Waals surface area contributed by atoms with Crippen molar-refractivity contribution in [1.29, 1.82) is 0 Å². The molecular weight excluding hydrogens is 412 g/mol. The largest absolute Gasteiger partial charge is 0.455 e. The molecule has 0 spiro atoms. The number of carbonyl (C=O) groups excluding carboxylic acids is 1. The van der Waals surface area contributed by atoms with E-state index in [2.05, 4.69) is 22.3 Å². The summed E-state index contributed by atoms with van der Waals surface area (Å²) in [7, 11) is -3.53. The van der Waals surface area contributed by atoms with E-state index in [4.69, 9.17) is 4.42 Å². The molecule has 31 heavy (non-hydrogen) atoms. The number of benzene rings is 2. The molecule has 1 atom stereocenters. The summed E-state index contributed by atoms with van der Waals surface area (Å²) >= 11 is 0. The fraction of sp³-hybridized carbons (Fsp3) is 0.292. The molecule has 1 aliphatic rings. The van der Waals surface area contributed by atoms with Gasteiger partial charge in [0.2, 0.25) is 0 Å². The summed E-state index contributed by atoms with van der Waals surface area (Å²) in [6.45, 7) is 2.48. The molecule has 0 bridgehead atoms. The maximum atomic E-state index is 12.7. The lowest BCUT2D eigenvalue weighted by Gasteiger charge is -2.28. The Balaban J connectivity index is 1.41. The van der Waals surface area contributed by atoms with Crippen LogP contribution in [0.15, 0.2) is 82.1 Å².